The maximum atomic E-state index is 13.0. The van der Waals surface area contributed by atoms with E-state index in [9.17, 15) is 13.2 Å². The van der Waals surface area contributed by atoms with Crippen LogP contribution in [-0.2, 0) is 21.1 Å². The molecule has 1 aliphatic rings. The number of nitrogens with zero attached hydrogens (tertiary/aromatic N) is 1. The topological polar surface area (TPSA) is 89.3 Å². The molecule has 0 saturated heterocycles. The summed E-state index contributed by atoms with van der Waals surface area (Å²) in [6.45, 7) is 3.14. The lowest BCUT2D eigenvalue weighted by Crippen LogP contribution is -2.36. The monoisotopic (exact) mass is 348 g/mol. The first kappa shape index (κ1) is 16.7. The molecule has 1 aromatic heterocycles. The molecule has 3 rings (SSSR count). The number of aromatic nitrogens is 1. The fourth-order valence-electron chi connectivity index (χ4n) is 3.09. The minimum atomic E-state index is -3.66. The number of anilines is 1. The van der Waals surface area contributed by atoms with E-state index in [0.717, 1.165) is 24.0 Å². The van der Waals surface area contributed by atoms with Gasteiger partial charge >= 0.3 is 0 Å². The van der Waals surface area contributed by atoms with Gasteiger partial charge in [-0.05, 0) is 44.2 Å². The molecule has 2 aromatic rings. The Morgan fingerprint density at radius 2 is 2.12 bits per heavy atom. The van der Waals surface area contributed by atoms with Crippen molar-refractivity contribution in [3.63, 3.8) is 0 Å². The lowest BCUT2D eigenvalue weighted by atomic mass is 9.91. The van der Waals surface area contributed by atoms with Gasteiger partial charge in [0.15, 0.2) is 9.84 Å². The molecule has 0 bridgehead atoms. The van der Waals surface area contributed by atoms with Crippen molar-refractivity contribution in [1.29, 1.82) is 0 Å². The fourth-order valence-corrected chi connectivity index (χ4v) is 5.02. The minimum absolute atomic E-state index is 0.156. The predicted octanol–water partition coefficient (Wildman–Crippen LogP) is 2.80. The Morgan fingerprint density at radius 3 is 2.83 bits per heavy atom. The number of aryl methyl sites for hydroxylation is 2. The Hall–Kier alpha value is -2.15. The van der Waals surface area contributed by atoms with Gasteiger partial charge in [0.1, 0.15) is 5.25 Å². The van der Waals surface area contributed by atoms with Gasteiger partial charge < -0.3 is 4.52 Å². The van der Waals surface area contributed by atoms with E-state index < -0.39 is 26.2 Å². The van der Waals surface area contributed by atoms with E-state index in [4.69, 9.17) is 4.52 Å². The largest absolute Gasteiger partial charge is 0.338 e. The van der Waals surface area contributed by atoms with Crippen molar-refractivity contribution >= 4 is 21.6 Å². The van der Waals surface area contributed by atoms with Crippen LogP contribution < -0.4 is 5.32 Å². The van der Waals surface area contributed by atoms with Gasteiger partial charge in [-0.25, -0.2) is 8.42 Å². The molecule has 0 aliphatic heterocycles. The van der Waals surface area contributed by atoms with Crippen LogP contribution in [-0.4, -0.2) is 24.7 Å². The molecule has 128 valence electrons. The van der Waals surface area contributed by atoms with Crippen molar-refractivity contribution in [3.8, 4) is 0 Å². The average Bonchev–Trinajstić information content (AvgIpc) is 2.98. The van der Waals surface area contributed by atoms with Crippen LogP contribution in [0.4, 0.5) is 5.88 Å². The zero-order valence-corrected chi connectivity index (χ0v) is 14.5. The average molecular weight is 348 g/mol. The third-order valence-electron chi connectivity index (χ3n) is 4.45. The highest BCUT2D eigenvalue weighted by atomic mass is 32.2. The standard InChI is InChI=1S/C17H20N2O4S/c1-11-10-16(23-19-11)18-17(20)12(2)24(21,22)15-9-5-7-13-6-3-4-8-14(13)15/h3-4,6,8,10,12,15H,5,7,9H2,1-2H3,(H,18,20)/t12-,15+/m1/s1. The number of hydrogen-bond donors (Lipinski definition) is 1. The van der Waals surface area contributed by atoms with Crippen molar-refractivity contribution in [2.45, 2.75) is 43.6 Å². The molecule has 0 radical (unpaired) electrons. The molecule has 0 unspecified atom stereocenters. The lowest BCUT2D eigenvalue weighted by molar-refractivity contribution is -0.115. The molecule has 24 heavy (non-hydrogen) atoms. The molecular weight excluding hydrogens is 328 g/mol. The van der Waals surface area contributed by atoms with Crippen molar-refractivity contribution in [1.82, 2.24) is 5.16 Å². The van der Waals surface area contributed by atoms with E-state index in [1.807, 2.05) is 24.3 Å². The zero-order chi connectivity index (χ0) is 17.3. The van der Waals surface area contributed by atoms with Gasteiger partial charge in [-0.1, -0.05) is 29.4 Å². The highest BCUT2D eigenvalue weighted by Crippen LogP contribution is 2.37. The molecule has 1 N–H and O–H groups in total. The molecule has 1 aromatic carbocycles. The van der Waals surface area contributed by atoms with E-state index >= 15 is 0 Å². The number of carbonyl (C=O) groups excluding carboxylic acids is 1. The summed E-state index contributed by atoms with van der Waals surface area (Å²) in [7, 11) is -3.66. The van der Waals surface area contributed by atoms with Gasteiger partial charge in [-0.15, -0.1) is 0 Å². The Kier molecular flexibility index (Phi) is 4.45. The first-order valence-electron chi connectivity index (χ1n) is 7.94. The smallest absolute Gasteiger partial charge is 0.244 e. The highest BCUT2D eigenvalue weighted by molar-refractivity contribution is 7.93. The number of fused-ring (bicyclic) bond motifs is 1. The third-order valence-corrected chi connectivity index (χ3v) is 6.93. The molecule has 1 heterocycles. The fraction of sp³-hybridized carbons (Fsp3) is 0.412. The summed E-state index contributed by atoms with van der Waals surface area (Å²) in [4.78, 5) is 12.3. The normalized spacial score (nSPS) is 18.7. The molecule has 7 heteroatoms. The second-order valence-electron chi connectivity index (χ2n) is 6.13. The number of benzene rings is 1. The van der Waals surface area contributed by atoms with Gasteiger partial charge in [0.25, 0.3) is 0 Å². The molecule has 1 amide bonds. The van der Waals surface area contributed by atoms with Crippen LogP contribution in [0.3, 0.4) is 0 Å². The molecular formula is C17H20N2O4S. The van der Waals surface area contributed by atoms with E-state index in [-0.39, 0.29) is 5.88 Å². The Bertz CT molecular complexity index is 857. The van der Waals surface area contributed by atoms with Crippen molar-refractivity contribution < 1.29 is 17.7 Å². The van der Waals surface area contributed by atoms with Crippen molar-refractivity contribution in [2.24, 2.45) is 0 Å². The van der Waals surface area contributed by atoms with E-state index in [1.54, 1.807) is 13.0 Å². The number of sulfone groups is 1. The van der Waals surface area contributed by atoms with E-state index in [1.165, 1.54) is 6.92 Å². The first-order valence-corrected chi connectivity index (χ1v) is 9.55. The summed E-state index contributed by atoms with van der Waals surface area (Å²) < 4.78 is 30.9. The Balaban J connectivity index is 1.84. The number of nitrogens with one attached hydrogen (secondary N) is 1. The predicted molar refractivity (Wildman–Crippen MR) is 90.4 cm³/mol. The molecule has 1 aliphatic carbocycles. The van der Waals surface area contributed by atoms with Crippen LogP contribution in [0, 0.1) is 6.92 Å². The number of amides is 1. The van der Waals surface area contributed by atoms with Gasteiger partial charge in [0, 0.05) is 6.07 Å². The van der Waals surface area contributed by atoms with E-state index in [0.29, 0.717) is 12.1 Å². The van der Waals surface area contributed by atoms with Crippen molar-refractivity contribution in [2.75, 3.05) is 5.32 Å². The van der Waals surface area contributed by atoms with Gasteiger partial charge in [0.2, 0.25) is 11.8 Å². The van der Waals surface area contributed by atoms with Crippen LogP contribution in [0.25, 0.3) is 0 Å². The Morgan fingerprint density at radius 1 is 1.38 bits per heavy atom. The van der Waals surface area contributed by atoms with Crippen LogP contribution in [0.2, 0.25) is 0 Å². The molecule has 2 atom stereocenters. The maximum Gasteiger partial charge on any atom is 0.244 e. The summed E-state index contributed by atoms with van der Waals surface area (Å²) >= 11 is 0. The summed E-state index contributed by atoms with van der Waals surface area (Å²) in [6, 6.07) is 9.11. The number of hydrogen-bond acceptors (Lipinski definition) is 5. The van der Waals surface area contributed by atoms with Gasteiger partial charge in [-0.2, -0.15) is 0 Å². The maximum absolute atomic E-state index is 13.0. The lowest BCUT2D eigenvalue weighted by Gasteiger charge is -2.27. The molecule has 0 saturated carbocycles. The molecule has 0 spiro atoms. The third kappa shape index (κ3) is 3.08. The molecule has 6 nitrogen and oxygen atoms in total. The van der Waals surface area contributed by atoms with E-state index in [2.05, 4.69) is 10.5 Å². The summed E-state index contributed by atoms with van der Waals surface area (Å²) in [5.41, 5.74) is 2.48. The second-order valence-corrected chi connectivity index (χ2v) is 8.59. The first-order chi connectivity index (χ1) is 11.4. The number of carbonyl (C=O) groups is 1. The summed E-state index contributed by atoms with van der Waals surface area (Å²) in [5.74, 6) is -0.446. The quantitative estimate of drug-likeness (QED) is 0.918. The SMILES string of the molecule is Cc1cc(NC(=O)[C@@H](C)S(=O)(=O)[C@H]2CCCc3ccccc32)on1. The summed E-state index contributed by atoms with van der Waals surface area (Å²) in [5, 5.41) is 4.35. The van der Waals surface area contributed by atoms with Crippen molar-refractivity contribution in [3.05, 3.63) is 47.2 Å². The highest BCUT2D eigenvalue weighted by Gasteiger charge is 2.38. The molecule has 0 fully saturated rings. The van der Waals surface area contributed by atoms with Crippen LogP contribution in [0.15, 0.2) is 34.9 Å². The van der Waals surface area contributed by atoms with Crippen LogP contribution in [0.5, 0.6) is 0 Å². The van der Waals surface area contributed by atoms with Gasteiger partial charge in [0.05, 0.1) is 10.9 Å². The van der Waals surface area contributed by atoms with Crippen LogP contribution in [0.1, 0.15) is 41.8 Å². The zero-order valence-electron chi connectivity index (χ0n) is 13.7. The van der Waals surface area contributed by atoms with Gasteiger partial charge in [-0.3, -0.25) is 10.1 Å². The second kappa shape index (κ2) is 6.39. The Labute approximate surface area is 141 Å². The minimum Gasteiger partial charge on any atom is -0.338 e. The number of rotatable bonds is 4. The van der Waals surface area contributed by atoms with Crippen LogP contribution >= 0.6 is 0 Å². The summed E-state index contributed by atoms with van der Waals surface area (Å²) in [6.07, 6.45) is 2.22.